The molecule has 0 spiro atoms. The van der Waals surface area contributed by atoms with Gasteiger partial charge in [-0.05, 0) is 31.6 Å². The number of thioether (sulfide) groups is 1. The molecule has 0 unspecified atom stereocenters. The Balaban J connectivity index is 1.59. The molecule has 1 amide bonds. The van der Waals surface area contributed by atoms with Crippen LogP contribution in [-0.4, -0.2) is 35.3 Å². The Hall–Kier alpha value is -1.53. The predicted molar refractivity (Wildman–Crippen MR) is 81.6 cm³/mol. The summed E-state index contributed by atoms with van der Waals surface area (Å²) >= 11 is 1.53. The first-order valence-electron chi connectivity index (χ1n) is 7.24. The highest BCUT2D eigenvalue weighted by molar-refractivity contribution is 7.98. The summed E-state index contributed by atoms with van der Waals surface area (Å²) in [7, 11) is 0. The van der Waals surface area contributed by atoms with Crippen molar-refractivity contribution < 1.29 is 9.21 Å². The first-order chi connectivity index (χ1) is 10.2. The molecule has 21 heavy (non-hydrogen) atoms. The summed E-state index contributed by atoms with van der Waals surface area (Å²) in [4.78, 5) is 16.9. The molecule has 2 N–H and O–H groups in total. The summed E-state index contributed by atoms with van der Waals surface area (Å²) < 4.78 is 5.42. The van der Waals surface area contributed by atoms with E-state index in [9.17, 15) is 4.79 Å². The summed E-state index contributed by atoms with van der Waals surface area (Å²) in [5.41, 5.74) is 1.15. The van der Waals surface area contributed by atoms with Crippen molar-refractivity contribution in [2.75, 3.05) is 6.26 Å². The van der Waals surface area contributed by atoms with Crippen LogP contribution in [0.3, 0.4) is 0 Å². The summed E-state index contributed by atoms with van der Waals surface area (Å²) in [6, 6.07) is 4.83. The number of nitrogens with one attached hydrogen (secondary N) is 2. The topological polar surface area (TPSA) is 67.2 Å². The lowest BCUT2D eigenvalue weighted by Crippen LogP contribution is -2.43. The molecule has 5 nitrogen and oxygen atoms in total. The lowest BCUT2D eigenvalue weighted by molar-refractivity contribution is 0.0925. The summed E-state index contributed by atoms with van der Waals surface area (Å²) in [6.45, 7) is 0. The van der Waals surface area contributed by atoms with Crippen LogP contribution in [0.4, 0.5) is 0 Å². The quantitative estimate of drug-likeness (QED) is 0.851. The van der Waals surface area contributed by atoms with Gasteiger partial charge in [-0.2, -0.15) is 0 Å². The van der Waals surface area contributed by atoms with Crippen LogP contribution >= 0.6 is 11.8 Å². The summed E-state index contributed by atoms with van der Waals surface area (Å²) in [5.74, 6) is -0.108. The average molecular weight is 303 g/mol. The third-order valence-corrected chi connectivity index (χ3v) is 5.16. The van der Waals surface area contributed by atoms with Gasteiger partial charge in [0, 0.05) is 24.2 Å². The van der Waals surface area contributed by atoms with E-state index in [0.717, 1.165) is 23.3 Å². The lowest BCUT2D eigenvalue weighted by atomic mass is 9.95. The van der Waals surface area contributed by atoms with Crippen molar-refractivity contribution in [3.05, 3.63) is 24.1 Å². The number of hydrogen-bond donors (Lipinski definition) is 2. The van der Waals surface area contributed by atoms with Crippen LogP contribution < -0.4 is 10.6 Å². The molecule has 2 fully saturated rings. The molecule has 2 aliphatic rings. The third kappa shape index (κ3) is 2.22. The van der Waals surface area contributed by atoms with Crippen LogP contribution in [0.1, 0.15) is 29.8 Å². The Labute approximate surface area is 126 Å². The van der Waals surface area contributed by atoms with E-state index in [-0.39, 0.29) is 11.9 Å². The van der Waals surface area contributed by atoms with E-state index in [2.05, 4.69) is 15.6 Å². The second-order valence-corrected chi connectivity index (χ2v) is 6.51. The SMILES string of the molecule is CSc1nc(C(=O)N[C@@H]2C[C@H]3CC[C@@H]2N3)cc2occc12. The van der Waals surface area contributed by atoms with Gasteiger partial charge >= 0.3 is 0 Å². The Morgan fingerprint density at radius 1 is 1.52 bits per heavy atom. The van der Waals surface area contributed by atoms with Crippen LogP contribution in [0, 0.1) is 0 Å². The monoisotopic (exact) mass is 303 g/mol. The molecule has 2 bridgehead atoms. The molecule has 110 valence electrons. The average Bonchev–Trinajstić information content (AvgIpc) is 3.21. The smallest absolute Gasteiger partial charge is 0.270 e. The number of nitrogens with zero attached hydrogens (tertiary/aromatic N) is 1. The van der Waals surface area contributed by atoms with Crippen LogP contribution in [0.25, 0.3) is 11.0 Å². The van der Waals surface area contributed by atoms with Gasteiger partial charge in [-0.25, -0.2) is 4.98 Å². The minimum atomic E-state index is -0.108. The van der Waals surface area contributed by atoms with Crippen LogP contribution in [0.15, 0.2) is 27.8 Å². The van der Waals surface area contributed by atoms with Crippen molar-refractivity contribution in [2.45, 2.75) is 42.4 Å². The maximum absolute atomic E-state index is 12.5. The molecule has 0 aliphatic carbocycles. The van der Waals surface area contributed by atoms with Crippen molar-refractivity contribution in [2.24, 2.45) is 0 Å². The minimum absolute atomic E-state index is 0.108. The number of fused-ring (bicyclic) bond motifs is 3. The second kappa shape index (κ2) is 5.03. The van der Waals surface area contributed by atoms with Gasteiger partial charge in [0.15, 0.2) is 0 Å². The molecule has 2 aromatic heterocycles. The molecule has 0 saturated carbocycles. The molecule has 4 heterocycles. The van der Waals surface area contributed by atoms with Crippen molar-refractivity contribution in [1.29, 1.82) is 0 Å². The molecule has 2 aliphatic heterocycles. The standard InChI is InChI=1S/C15H17N3O2S/c1-21-15-9-4-5-20-13(9)7-12(18-15)14(19)17-11-6-8-2-3-10(11)16-8/h4-5,7-8,10-11,16H,2-3,6H2,1H3,(H,17,19)/t8-,10+,11-/m1/s1. The number of carbonyl (C=O) groups excluding carboxylic acids is 1. The number of amides is 1. The highest BCUT2D eigenvalue weighted by Gasteiger charge is 2.39. The normalized spacial score (nSPS) is 27.4. The van der Waals surface area contributed by atoms with E-state index in [0.29, 0.717) is 23.4 Å². The van der Waals surface area contributed by atoms with Gasteiger partial charge in [0.05, 0.1) is 11.6 Å². The Morgan fingerprint density at radius 3 is 3.14 bits per heavy atom. The van der Waals surface area contributed by atoms with Crippen LogP contribution in [-0.2, 0) is 0 Å². The lowest BCUT2D eigenvalue weighted by Gasteiger charge is -2.21. The first-order valence-corrected chi connectivity index (χ1v) is 8.46. The number of aromatic nitrogens is 1. The molecular weight excluding hydrogens is 286 g/mol. The van der Waals surface area contributed by atoms with Crippen molar-refractivity contribution in [1.82, 2.24) is 15.6 Å². The van der Waals surface area contributed by atoms with E-state index in [1.807, 2.05) is 12.3 Å². The number of carbonyl (C=O) groups is 1. The number of hydrogen-bond acceptors (Lipinski definition) is 5. The van der Waals surface area contributed by atoms with Crippen LogP contribution in [0.5, 0.6) is 0 Å². The Morgan fingerprint density at radius 2 is 2.43 bits per heavy atom. The van der Waals surface area contributed by atoms with E-state index < -0.39 is 0 Å². The van der Waals surface area contributed by atoms with E-state index in [1.54, 1.807) is 12.3 Å². The summed E-state index contributed by atoms with van der Waals surface area (Å²) in [6.07, 6.45) is 6.99. The zero-order valence-electron chi connectivity index (χ0n) is 11.8. The first kappa shape index (κ1) is 13.2. The zero-order valence-corrected chi connectivity index (χ0v) is 12.6. The second-order valence-electron chi connectivity index (χ2n) is 5.71. The van der Waals surface area contributed by atoms with Gasteiger partial charge in [-0.1, -0.05) is 0 Å². The van der Waals surface area contributed by atoms with Gasteiger partial charge in [0.25, 0.3) is 5.91 Å². The van der Waals surface area contributed by atoms with E-state index in [4.69, 9.17) is 4.42 Å². The van der Waals surface area contributed by atoms with Crippen LogP contribution in [0.2, 0.25) is 0 Å². The maximum Gasteiger partial charge on any atom is 0.270 e. The highest BCUT2D eigenvalue weighted by Crippen LogP contribution is 2.29. The molecule has 3 atom stereocenters. The van der Waals surface area contributed by atoms with Gasteiger partial charge in [0.2, 0.25) is 0 Å². The van der Waals surface area contributed by atoms with Crippen molar-refractivity contribution >= 4 is 28.6 Å². The Kier molecular flexibility index (Phi) is 3.15. The minimum Gasteiger partial charge on any atom is -0.464 e. The third-order valence-electron chi connectivity index (χ3n) is 4.46. The van der Waals surface area contributed by atoms with Crippen molar-refractivity contribution in [3.8, 4) is 0 Å². The highest BCUT2D eigenvalue weighted by atomic mass is 32.2. The number of pyridine rings is 1. The molecule has 0 aromatic carbocycles. The fourth-order valence-electron chi connectivity index (χ4n) is 3.43. The van der Waals surface area contributed by atoms with Gasteiger partial charge in [-0.3, -0.25) is 4.79 Å². The molecule has 2 saturated heterocycles. The van der Waals surface area contributed by atoms with Gasteiger partial charge in [-0.15, -0.1) is 11.8 Å². The molecule has 6 heteroatoms. The summed E-state index contributed by atoms with van der Waals surface area (Å²) in [5, 5.41) is 8.43. The maximum atomic E-state index is 12.5. The van der Waals surface area contributed by atoms with E-state index in [1.165, 1.54) is 18.2 Å². The fraction of sp³-hybridized carbons (Fsp3) is 0.467. The Bertz CT molecular complexity index is 699. The molecular formula is C15H17N3O2S. The molecule has 2 aromatic rings. The fourth-order valence-corrected chi connectivity index (χ4v) is 4.01. The number of furan rings is 1. The predicted octanol–water partition coefficient (Wildman–Crippen LogP) is 2.17. The van der Waals surface area contributed by atoms with Gasteiger partial charge < -0.3 is 15.1 Å². The zero-order chi connectivity index (χ0) is 14.4. The van der Waals surface area contributed by atoms with Gasteiger partial charge in [0.1, 0.15) is 16.3 Å². The molecule has 0 radical (unpaired) electrons. The number of rotatable bonds is 3. The largest absolute Gasteiger partial charge is 0.464 e. The van der Waals surface area contributed by atoms with E-state index >= 15 is 0 Å². The van der Waals surface area contributed by atoms with Crippen molar-refractivity contribution in [3.63, 3.8) is 0 Å². The molecule has 4 rings (SSSR count).